The Balaban J connectivity index is 2.12. The SMILES string of the molecule is CN1CC(CC(=O)O)N(Cc2ccccc2)C1=O. The minimum atomic E-state index is -0.874. The number of urea groups is 1. The molecule has 1 aromatic carbocycles. The maximum atomic E-state index is 12.0. The van der Waals surface area contributed by atoms with Crippen LogP contribution in [0.4, 0.5) is 4.79 Å². The Morgan fingerprint density at radius 1 is 1.39 bits per heavy atom. The van der Waals surface area contributed by atoms with Crippen molar-refractivity contribution in [3.05, 3.63) is 35.9 Å². The maximum absolute atomic E-state index is 12.0. The van der Waals surface area contributed by atoms with E-state index in [9.17, 15) is 9.59 Å². The molecule has 2 rings (SSSR count). The summed E-state index contributed by atoms with van der Waals surface area (Å²) in [6, 6.07) is 9.24. The number of carbonyl (C=O) groups is 2. The molecule has 1 heterocycles. The molecule has 0 aliphatic carbocycles. The summed E-state index contributed by atoms with van der Waals surface area (Å²) in [7, 11) is 1.70. The Labute approximate surface area is 106 Å². The average Bonchev–Trinajstić information content (AvgIpc) is 2.58. The van der Waals surface area contributed by atoms with Gasteiger partial charge in [0.25, 0.3) is 0 Å². The second-order valence-electron chi connectivity index (χ2n) is 4.53. The van der Waals surface area contributed by atoms with Crippen LogP contribution in [0.5, 0.6) is 0 Å². The molecule has 1 saturated heterocycles. The van der Waals surface area contributed by atoms with Gasteiger partial charge in [-0.25, -0.2) is 4.79 Å². The van der Waals surface area contributed by atoms with Crippen molar-refractivity contribution in [3.8, 4) is 0 Å². The van der Waals surface area contributed by atoms with Gasteiger partial charge in [0, 0.05) is 20.1 Å². The summed E-state index contributed by atoms with van der Waals surface area (Å²) in [4.78, 5) is 26.0. The summed E-state index contributed by atoms with van der Waals surface area (Å²) in [5.41, 5.74) is 1.01. The molecule has 5 nitrogen and oxygen atoms in total. The van der Waals surface area contributed by atoms with Gasteiger partial charge in [-0.3, -0.25) is 4.79 Å². The molecule has 1 unspecified atom stereocenters. The van der Waals surface area contributed by atoms with Gasteiger partial charge in [0.2, 0.25) is 0 Å². The fourth-order valence-corrected chi connectivity index (χ4v) is 2.22. The van der Waals surface area contributed by atoms with Gasteiger partial charge >= 0.3 is 12.0 Å². The number of benzene rings is 1. The predicted molar refractivity (Wildman–Crippen MR) is 66.1 cm³/mol. The molecule has 18 heavy (non-hydrogen) atoms. The molecule has 1 aliphatic heterocycles. The zero-order chi connectivity index (χ0) is 13.1. The molecule has 0 saturated carbocycles. The number of amides is 2. The lowest BCUT2D eigenvalue weighted by Crippen LogP contribution is -2.35. The van der Waals surface area contributed by atoms with E-state index in [1.54, 1.807) is 16.8 Å². The fourth-order valence-electron chi connectivity index (χ4n) is 2.22. The zero-order valence-electron chi connectivity index (χ0n) is 10.2. The highest BCUT2D eigenvalue weighted by atomic mass is 16.4. The Hall–Kier alpha value is -2.04. The molecule has 96 valence electrons. The lowest BCUT2D eigenvalue weighted by Gasteiger charge is -2.21. The number of carbonyl (C=O) groups excluding carboxylic acids is 1. The molecule has 1 atom stereocenters. The van der Waals surface area contributed by atoms with Crippen LogP contribution in [0.2, 0.25) is 0 Å². The highest BCUT2D eigenvalue weighted by Crippen LogP contribution is 2.20. The number of carboxylic acid groups (broad SMARTS) is 1. The highest BCUT2D eigenvalue weighted by Gasteiger charge is 2.36. The van der Waals surface area contributed by atoms with Crippen LogP contribution in [0.3, 0.4) is 0 Å². The number of likely N-dealkylation sites (N-methyl/N-ethyl adjacent to an activating group) is 1. The summed E-state index contributed by atoms with van der Waals surface area (Å²) in [5, 5.41) is 8.87. The van der Waals surface area contributed by atoms with Crippen molar-refractivity contribution in [2.75, 3.05) is 13.6 Å². The lowest BCUT2D eigenvalue weighted by atomic mass is 10.1. The van der Waals surface area contributed by atoms with Crippen LogP contribution in [0.25, 0.3) is 0 Å². The molecule has 1 N–H and O–H groups in total. The van der Waals surface area contributed by atoms with Crippen LogP contribution in [-0.4, -0.2) is 46.5 Å². The van der Waals surface area contributed by atoms with Crippen molar-refractivity contribution in [2.24, 2.45) is 0 Å². The van der Waals surface area contributed by atoms with Gasteiger partial charge in [0.05, 0.1) is 12.5 Å². The summed E-state index contributed by atoms with van der Waals surface area (Å²) in [6.07, 6.45) is -0.0110. The normalized spacial score (nSPS) is 19.4. The van der Waals surface area contributed by atoms with Gasteiger partial charge in [-0.15, -0.1) is 0 Å². The number of hydrogen-bond donors (Lipinski definition) is 1. The molecule has 2 amide bonds. The van der Waals surface area contributed by atoms with Crippen LogP contribution in [-0.2, 0) is 11.3 Å². The first-order valence-corrected chi connectivity index (χ1v) is 5.85. The first-order valence-electron chi connectivity index (χ1n) is 5.85. The van der Waals surface area contributed by atoms with E-state index in [1.807, 2.05) is 30.3 Å². The number of hydrogen-bond acceptors (Lipinski definition) is 2. The third-order valence-corrected chi connectivity index (χ3v) is 3.10. The minimum Gasteiger partial charge on any atom is -0.481 e. The molecule has 0 spiro atoms. The number of rotatable bonds is 4. The number of nitrogens with zero attached hydrogens (tertiary/aromatic N) is 2. The number of aliphatic carboxylic acids is 1. The van der Waals surface area contributed by atoms with Crippen molar-refractivity contribution in [2.45, 2.75) is 19.0 Å². The smallest absolute Gasteiger partial charge is 0.320 e. The third-order valence-electron chi connectivity index (χ3n) is 3.10. The minimum absolute atomic E-state index is 0.0110. The Bertz CT molecular complexity index is 447. The van der Waals surface area contributed by atoms with Gasteiger partial charge in [-0.2, -0.15) is 0 Å². The Kier molecular flexibility index (Phi) is 3.50. The van der Waals surface area contributed by atoms with E-state index < -0.39 is 5.97 Å². The van der Waals surface area contributed by atoms with E-state index >= 15 is 0 Å². The second-order valence-corrected chi connectivity index (χ2v) is 4.53. The third kappa shape index (κ3) is 2.61. The first-order chi connectivity index (χ1) is 8.58. The molecule has 0 radical (unpaired) electrons. The Morgan fingerprint density at radius 2 is 2.06 bits per heavy atom. The number of carboxylic acids is 1. The van der Waals surface area contributed by atoms with Crippen molar-refractivity contribution >= 4 is 12.0 Å². The van der Waals surface area contributed by atoms with Crippen LogP contribution < -0.4 is 0 Å². The van der Waals surface area contributed by atoms with Gasteiger partial charge < -0.3 is 14.9 Å². The quantitative estimate of drug-likeness (QED) is 0.876. The Morgan fingerprint density at radius 3 is 2.67 bits per heavy atom. The van der Waals surface area contributed by atoms with E-state index in [2.05, 4.69) is 0 Å². The monoisotopic (exact) mass is 248 g/mol. The molecule has 0 aromatic heterocycles. The summed E-state index contributed by atoms with van der Waals surface area (Å²) in [6.45, 7) is 0.930. The topological polar surface area (TPSA) is 60.9 Å². The maximum Gasteiger partial charge on any atom is 0.320 e. The van der Waals surface area contributed by atoms with Crippen LogP contribution in [0.1, 0.15) is 12.0 Å². The molecular formula is C13H16N2O3. The molecule has 1 fully saturated rings. The fraction of sp³-hybridized carbons (Fsp3) is 0.385. The molecule has 0 bridgehead atoms. The zero-order valence-corrected chi connectivity index (χ0v) is 10.2. The van der Waals surface area contributed by atoms with Gasteiger partial charge in [0.15, 0.2) is 0 Å². The lowest BCUT2D eigenvalue weighted by molar-refractivity contribution is -0.138. The van der Waals surface area contributed by atoms with Crippen LogP contribution >= 0.6 is 0 Å². The summed E-state index contributed by atoms with van der Waals surface area (Å²) in [5.74, 6) is -0.874. The molecular weight excluding hydrogens is 232 g/mol. The van der Waals surface area contributed by atoms with Gasteiger partial charge in [-0.1, -0.05) is 30.3 Å². The summed E-state index contributed by atoms with van der Waals surface area (Å²) >= 11 is 0. The first kappa shape index (κ1) is 12.4. The molecule has 1 aliphatic rings. The van der Waals surface area contributed by atoms with Crippen LogP contribution in [0, 0.1) is 0 Å². The van der Waals surface area contributed by atoms with E-state index in [0.29, 0.717) is 13.1 Å². The van der Waals surface area contributed by atoms with Gasteiger partial charge in [0.1, 0.15) is 0 Å². The molecule has 5 heteroatoms. The van der Waals surface area contributed by atoms with Crippen molar-refractivity contribution in [1.29, 1.82) is 0 Å². The largest absolute Gasteiger partial charge is 0.481 e. The predicted octanol–water partition coefficient (Wildman–Crippen LogP) is 1.40. The van der Waals surface area contributed by atoms with Gasteiger partial charge in [-0.05, 0) is 5.56 Å². The van der Waals surface area contributed by atoms with Crippen molar-refractivity contribution < 1.29 is 14.7 Å². The van der Waals surface area contributed by atoms with E-state index in [1.165, 1.54) is 0 Å². The van der Waals surface area contributed by atoms with Crippen molar-refractivity contribution in [3.63, 3.8) is 0 Å². The average molecular weight is 248 g/mol. The molecule has 1 aromatic rings. The van der Waals surface area contributed by atoms with Crippen molar-refractivity contribution in [1.82, 2.24) is 9.80 Å². The van der Waals surface area contributed by atoms with E-state index in [-0.39, 0.29) is 18.5 Å². The van der Waals surface area contributed by atoms with E-state index in [4.69, 9.17) is 5.11 Å². The second kappa shape index (κ2) is 5.08. The standard InChI is InChI=1S/C13H16N2O3/c1-14-9-11(7-12(16)17)15(13(14)18)8-10-5-3-2-4-6-10/h2-6,11H,7-9H2,1H3,(H,16,17). The van der Waals surface area contributed by atoms with Crippen LogP contribution in [0.15, 0.2) is 30.3 Å². The van der Waals surface area contributed by atoms with E-state index in [0.717, 1.165) is 5.56 Å². The highest BCUT2D eigenvalue weighted by molar-refractivity contribution is 5.78. The summed E-state index contributed by atoms with van der Waals surface area (Å²) < 4.78 is 0.